The van der Waals surface area contributed by atoms with Gasteiger partial charge in [-0.1, -0.05) is 26.0 Å². The molecule has 4 rings (SSSR count). The van der Waals surface area contributed by atoms with E-state index in [-0.39, 0.29) is 29.5 Å². The van der Waals surface area contributed by atoms with Crippen molar-refractivity contribution < 1.29 is 14.1 Å². The molecule has 1 fully saturated rings. The number of benzene rings is 1. The van der Waals surface area contributed by atoms with Crippen molar-refractivity contribution in [2.75, 3.05) is 31.6 Å². The summed E-state index contributed by atoms with van der Waals surface area (Å²) in [6, 6.07) is 9.46. The van der Waals surface area contributed by atoms with Crippen molar-refractivity contribution in [3.8, 4) is 11.3 Å². The highest BCUT2D eigenvalue weighted by molar-refractivity contribution is 5.68. The molecule has 1 saturated heterocycles. The monoisotopic (exact) mass is 468 g/mol. The third kappa shape index (κ3) is 5.23. The fourth-order valence-corrected chi connectivity index (χ4v) is 4.08. The predicted molar refractivity (Wildman–Crippen MR) is 127 cm³/mol. The number of aromatic amines is 1. The number of hydrogen-bond acceptors (Lipinski definition) is 7. The number of H-pyrrole nitrogens is 1. The predicted octanol–water partition coefficient (Wildman–Crippen LogP) is 4.72. The second kappa shape index (κ2) is 10.3. The van der Waals surface area contributed by atoms with E-state index in [2.05, 4.69) is 32.3 Å². The first-order valence-corrected chi connectivity index (χ1v) is 11.4. The number of anilines is 1. The van der Waals surface area contributed by atoms with Gasteiger partial charge in [-0.15, -0.1) is 0 Å². The fraction of sp³-hybridized carbons (Fsp3) is 0.417. The lowest BCUT2D eigenvalue weighted by Gasteiger charge is -2.36. The van der Waals surface area contributed by atoms with Gasteiger partial charge in [-0.25, -0.2) is 9.37 Å². The molecule has 2 aromatic heterocycles. The lowest BCUT2D eigenvalue weighted by Crippen LogP contribution is -2.40. The molecule has 10 heteroatoms. The summed E-state index contributed by atoms with van der Waals surface area (Å²) in [5.74, 6) is 0.285. The Bertz CT molecular complexity index is 1130. The van der Waals surface area contributed by atoms with Crippen LogP contribution in [0.5, 0.6) is 0 Å². The maximum atomic E-state index is 13.3. The van der Waals surface area contributed by atoms with Gasteiger partial charge in [0.05, 0.1) is 35.1 Å². The van der Waals surface area contributed by atoms with Crippen LogP contribution in [0.2, 0.25) is 0 Å². The smallest absolute Gasteiger partial charge is 0.311 e. The third-order valence-electron chi connectivity index (χ3n) is 5.98. The van der Waals surface area contributed by atoms with Crippen molar-refractivity contribution in [3.63, 3.8) is 0 Å². The van der Waals surface area contributed by atoms with Gasteiger partial charge in [0.2, 0.25) is 5.82 Å². The molecule has 2 atom stereocenters. The van der Waals surface area contributed by atoms with Gasteiger partial charge in [0.15, 0.2) is 0 Å². The molecule has 9 nitrogen and oxygen atoms in total. The summed E-state index contributed by atoms with van der Waals surface area (Å²) in [5, 5.41) is 22.0. The fourth-order valence-electron chi connectivity index (χ4n) is 4.08. The molecule has 1 aromatic carbocycles. The Labute approximate surface area is 197 Å². The number of pyridine rings is 1. The summed E-state index contributed by atoms with van der Waals surface area (Å²) in [6.07, 6.45) is 1.60. The van der Waals surface area contributed by atoms with E-state index in [1.165, 1.54) is 18.2 Å². The highest BCUT2D eigenvalue weighted by Crippen LogP contribution is 2.34. The molecule has 1 aliphatic rings. The van der Waals surface area contributed by atoms with E-state index in [4.69, 9.17) is 4.74 Å². The summed E-state index contributed by atoms with van der Waals surface area (Å²) in [7, 11) is 0. The zero-order valence-electron chi connectivity index (χ0n) is 19.5. The minimum absolute atomic E-state index is 0.0576. The van der Waals surface area contributed by atoms with Crippen LogP contribution in [-0.4, -0.2) is 51.2 Å². The number of morpholine rings is 1. The normalized spacial score (nSPS) is 17.6. The topological polar surface area (TPSA) is 109 Å². The number of ether oxygens (including phenoxy) is 1. The van der Waals surface area contributed by atoms with Crippen LogP contribution in [0.25, 0.3) is 11.3 Å². The van der Waals surface area contributed by atoms with Gasteiger partial charge < -0.3 is 10.1 Å². The Balaban J connectivity index is 1.57. The zero-order valence-corrected chi connectivity index (χ0v) is 19.5. The minimum atomic E-state index is -0.429. The van der Waals surface area contributed by atoms with Crippen LogP contribution in [0, 0.1) is 21.8 Å². The van der Waals surface area contributed by atoms with Gasteiger partial charge in [0, 0.05) is 37.5 Å². The van der Waals surface area contributed by atoms with Crippen LogP contribution in [0.4, 0.5) is 15.9 Å². The van der Waals surface area contributed by atoms with E-state index in [1.807, 2.05) is 13.8 Å². The molecular formula is C24H29FN6O3. The van der Waals surface area contributed by atoms with E-state index in [0.717, 1.165) is 23.4 Å². The molecule has 34 heavy (non-hydrogen) atoms. The van der Waals surface area contributed by atoms with E-state index >= 15 is 0 Å². The molecule has 180 valence electrons. The molecule has 3 aromatic rings. The lowest BCUT2D eigenvalue weighted by molar-refractivity contribution is -0.384. The SMILES string of the molecule is CC(C)CNc1nc(-c2c[nH]nc2C(C)N2CCOC(c3ccc(F)cc3)C2)ccc1[N+](=O)[O-]. The van der Waals surface area contributed by atoms with Crippen molar-refractivity contribution in [1.82, 2.24) is 20.1 Å². The maximum absolute atomic E-state index is 13.3. The van der Waals surface area contributed by atoms with Crippen LogP contribution >= 0.6 is 0 Å². The molecule has 0 amide bonds. The molecule has 0 saturated carbocycles. The molecule has 0 bridgehead atoms. The Morgan fingerprint density at radius 3 is 2.74 bits per heavy atom. The molecule has 2 unspecified atom stereocenters. The first kappa shape index (κ1) is 23.8. The van der Waals surface area contributed by atoms with Gasteiger partial charge in [0.1, 0.15) is 5.82 Å². The number of hydrogen-bond donors (Lipinski definition) is 2. The zero-order chi connectivity index (χ0) is 24.2. The lowest BCUT2D eigenvalue weighted by atomic mass is 10.0. The first-order valence-electron chi connectivity index (χ1n) is 11.4. The molecule has 0 spiro atoms. The minimum Gasteiger partial charge on any atom is -0.371 e. The Hall–Kier alpha value is -3.37. The number of nitro groups is 1. The molecule has 0 radical (unpaired) electrons. The number of nitrogens with one attached hydrogen (secondary N) is 2. The van der Waals surface area contributed by atoms with E-state index < -0.39 is 4.92 Å². The number of aromatic nitrogens is 3. The first-order chi connectivity index (χ1) is 16.3. The van der Waals surface area contributed by atoms with Crippen molar-refractivity contribution in [3.05, 3.63) is 69.8 Å². The van der Waals surface area contributed by atoms with Crippen molar-refractivity contribution in [2.45, 2.75) is 32.9 Å². The standard InChI is InChI=1S/C24H29FN6O3/c1-15(2)12-26-24-21(31(32)33)9-8-20(28-24)19-13-27-29-23(19)16(3)30-10-11-34-22(14-30)17-4-6-18(25)7-5-17/h4-9,13,15-16,22H,10-12,14H2,1-3H3,(H,26,28)(H,27,29). The molecule has 1 aliphatic heterocycles. The van der Waals surface area contributed by atoms with E-state index in [9.17, 15) is 14.5 Å². The van der Waals surface area contributed by atoms with Gasteiger partial charge in [-0.05, 0) is 36.6 Å². The summed E-state index contributed by atoms with van der Waals surface area (Å²) in [6.45, 7) is 8.60. The Morgan fingerprint density at radius 2 is 2.03 bits per heavy atom. The Kier molecular flexibility index (Phi) is 7.18. The number of halogens is 1. The molecule has 0 aliphatic carbocycles. The van der Waals surface area contributed by atoms with Crippen LogP contribution in [0.3, 0.4) is 0 Å². The summed E-state index contributed by atoms with van der Waals surface area (Å²) < 4.78 is 19.3. The second-order valence-electron chi connectivity index (χ2n) is 8.86. The number of rotatable bonds is 8. The van der Waals surface area contributed by atoms with E-state index in [1.54, 1.807) is 24.4 Å². The van der Waals surface area contributed by atoms with Crippen LogP contribution < -0.4 is 5.32 Å². The van der Waals surface area contributed by atoms with Crippen LogP contribution in [0.15, 0.2) is 42.6 Å². The van der Waals surface area contributed by atoms with Crippen LogP contribution in [-0.2, 0) is 4.74 Å². The quantitative estimate of drug-likeness (QED) is 0.364. The van der Waals surface area contributed by atoms with Gasteiger partial charge >= 0.3 is 5.69 Å². The van der Waals surface area contributed by atoms with Gasteiger partial charge in [-0.2, -0.15) is 5.10 Å². The summed E-state index contributed by atoms with van der Waals surface area (Å²) in [4.78, 5) is 17.9. The third-order valence-corrected chi connectivity index (χ3v) is 5.98. The summed E-state index contributed by atoms with van der Waals surface area (Å²) >= 11 is 0. The maximum Gasteiger partial charge on any atom is 0.311 e. The van der Waals surface area contributed by atoms with Gasteiger partial charge in [0.25, 0.3) is 0 Å². The number of nitrogens with zero attached hydrogens (tertiary/aromatic N) is 4. The largest absolute Gasteiger partial charge is 0.371 e. The van der Waals surface area contributed by atoms with Crippen molar-refractivity contribution in [1.29, 1.82) is 0 Å². The van der Waals surface area contributed by atoms with Gasteiger partial charge in [-0.3, -0.25) is 20.1 Å². The molecular weight excluding hydrogens is 439 g/mol. The summed E-state index contributed by atoms with van der Waals surface area (Å²) in [5.41, 5.74) is 3.07. The average Bonchev–Trinajstić information content (AvgIpc) is 3.32. The van der Waals surface area contributed by atoms with Crippen molar-refractivity contribution >= 4 is 11.5 Å². The van der Waals surface area contributed by atoms with Crippen molar-refractivity contribution in [2.24, 2.45) is 5.92 Å². The second-order valence-corrected chi connectivity index (χ2v) is 8.86. The van der Waals surface area contributed by atoms with Crippen LogP contribution in [0.1, 0.15) is 44.2 Å². The molecule has 3 heterocycles. The highest BCUT2D eigenvalue weighted by Gasteiger charge is 2.29. The van der Waals surface area contributed by atoms with E-state index in [0.29, 0.717) is 31.3 Å². The molecule has 2 N–H and O–H groups in total. The average molecular weight is 469 g/mol. The Morgan fingerprint density at radius 1 is 1.26 bits per heavy atom. The highest BCUT2D eigenvalue weighted by atomic mass is 19.1.